The molecule has 2 N–H and O–H groups in total. The number of aryl methyl sites for hydroxylation is 2. The molecule has 2 rings (SSSR count). The summed E-state index contributed by atoms with van der Waals surface area (Å²) in [4.78, 5) is 11.6. The quantitative estimate of drug-likeness (QED) is 0.695. The van der Waals surface area contributed by atoms with E-state index in [2.05, 4.69) is 52.3 Å². The highest BCUT2D eigenvalue weighted by Crippen LogP contribution is 2.26. The Morgan fingerprint density at radius 3 is 2.70 bits per heavy atom. The molecule has 4 nitrogen and oxygen atoms in total. The number of hydrogen-bond acceptors (Lipinski definition) is 2. The first-order valence-corrected chi connectivity index (χ1v) is 8.61. The molecule has 0 aromatic heterocycles. The summed E-state index contributed by atoms with van der Waals surface area (Å²) in [6, 6.07) is 11.9. The lowest BCUT2D eigenvalue weighted by molar-refractivity contribution is 0.254. The fraction of sp³-hybridized carbons (Fsp3) is 0.278. The molecule has 0 atom stereocenters. The van der Waals surface area contributed by atoms with Gasteiger partial charge in [0.1, 0.15) is 12.4 Å². The van der Waals surface area contributed by atoms with Crippen LogP contribution in [0.4, 0.5) is 10.5 Å². The summed E-state index contributed by atoms with van der Waals surface area (Å²) >= 11 is 2.21. The summed E-state index contributed by atoms with van der Waals surface area (Å²) in [6.45, 7) is 4.59. The summed E-state index contributed by atoms with van der Waals surface area (Å²) in [5.41, 5.74) is 4.15. The van der Waals surface area contributed by atoms with Crippen molar-refractivity contribution in [1.29, 1.82) is 0 Å². The van der Waals surface area contributed by atoms with Crippen LogP contribution < -0.4 is 15.4 Å². The van der Waals surface area contributed by atoms with E-state index < -0.39 is 0 Å². The van der Waals surface area contributed by atoms with Crippen LogP contribution in [0.15, 0.2) is 36.4 Å². The van der Waals surface area contributed by atoms with Gasteiger partial charge in [0.05, 0.1) is 5.69 Å². The van der Waals surface area contributed by atoms with Crippen LogP contribution in [0, 0.1) is 10.5 Å². The zero-order valence-corrected chi connectivity index (χ0v) is 15.7. The predicted octanol–water partition coefficient (Wildman–Crippen LogP) is 4.49. The van der Waals surface area contributed by atoms with Crippen molar-refractivity contribution in [3.63, 3.8) is 0 Å². The summed E-state index contributed by atoms with van der Waals surface area (Å²) in [6.07, 6.45) is 1.01. The second-order valence-electron chi connectivity index (χ2n) is 5.22. The molecule has 0 saturated heterocycles. The number of ether oxygens (including phenoxy) is 1. The van der Waals surface area contributed by atoms with E-state index in [1.807, 2.05) is 31.2 Å². The molecular weight excluding hydrogens is 403 g/mol. The zero-order valence-electron chi connectivity index (χ0n) is 13.6. The molecule has 0 aliphatic carbocycles. The van der Waals surface area contributed by atoms with Crippen molar-refractivity contribution < 1.29 is 9.53 Å². The fourth-order valence-corrected chi connectivity index (χ4v) is 2.94. The van der Waals surface area contributed by atoms with Gasteiger partial charge in [-0.05, 0) is 59.2 Å². The molecule has 2 aromatic carbocycles. The monoisotopic (exact) mass is 424 g/mol. The maximum Gasteiger partial charge on any atom is 0.319 e. The lowest BCUT2D eigenvalue weighted by Gasteiger charge is -2.15. The van der Waals surface area contributed by atoms with Gasteiger partial charge in [0.25, 0.3) is 0 Å². The molecule has 0 aliphatic heterocycles. The van der Waals surface area contributed by atoms with E-state index in [-0.39, 0.29) is 6.03 Å². The number of para-hydroxylation sites is 1. The van der Waals surface area contributed by atoms with Gasteiger partial charge in [-0.15, -0.1) is 0 Å². The first-order valence-electron chi connectivity index (χ1n) is 7.53. The Morgan fingerprint density at radius 1 is 1.26 bits per heavy atom. The van der Waals surface area contributed by atoms with Gasteiger partial charge in [0.2, 0.25) is 0 Å². The van der Waals surface area contributed by atoms with E-state index in [0.29, 0.717) is 6.61 Å². The Labute approximate surface area is 150 Å². The Morgan fingerprint density at radius 2 is 2.04 bits per heavy atom. The molecule has 0 spiro atoms. The number of amides is 2. The third kappa shape index (κ3) is 4.60. The van der Waals surface area contributed by atoms with Crippen molar-refractivity contribution in [1.82, 2.24) is 5.32 Å². The van der Waals surface area contributed by atoms with Crippen molar-refractivity contribution in [2.75, 3.05) is 12.4 Å². The first-order chi connectivity index (χ1) is 11.0. The van der Waals surface area contributed by atoms with Crippen LogP contribution in [-0.2, 0) is 13.0 Å². The average Bonchev–Trinajstić information content (AvgIpc) is 2.56. The molecule has 23 heavy (non-hydrogen) atoms. The minimum atomic E-state index is -0.237. The summed E-state index contributed by atoms with van der Waals surface area (Å²) in [5, 5.41) is 5.43. The molecule has 2 amide bonds. The van der Waals surface area contributed by atoms with Crippen molar-refractivity contribution >= 4 is 34.3 Å². The SMILES string of the molecule is CCc1ccc(OCc2cccc(I)c2NC(=O)NC)c(C)c1. The van der Waals surface area contributed by atoms with E-state index >= 15 is 0 Å². The summed E-state index contributed by atoms with van der Waals surface area (Å²) in [7, 11) is 1.60. The molecule has 0 saturated carbocycles. The molecule has 0 heterocycles. The van der Waals surface area contributed by atoms with Gasteiger partial charge in [-0.2, -0.15) is 0 Å². The average molecular weight is 424 g/mol. The molecule has 2 aromatic rings. The Kier molecular flexibility index (Phi) is 6.27. The number of hydrogen-bond donors (Lipinski definition) is 2. The second-order valence-corrected chi connectivity index (χ2v) is 6.38. The number of anilines is 1. The lowest BCUT2D eigenvalue weighted by atomic mass is 10.1. The molecule has 0 bridgehead atoms. The maximum absolute atomic E-state index is 11.6. The molecule has 122 valence electrons. The van der Waals surface area contributed by atoms with Crippen LogP contribution in [0.2, 0.25) is 0 Å². The Hall–Kier alpha value is -1.76. The Balaban J connectivity index is 2.17. The number of carbonyl (C=O) groups excluding carboxylic acids is 1. The molecule has 0 aliphatic rings. The van der Waals surface area contributed by atoms with Crippen molar-refractivity contribution in [2.45, 2.75) is 26.9 Å². The lowest BCUT2D eigenvalue weighted by Crippen LogP contribution is -2.25. The third-order valence-corrected chi connectivity index (χ3v) is 4.50. The number of halogens is 1. The smallest absolute Gasteiger partial charge is 0.319 e. The number of nitrogens with one attached hydrogen (secondary N) is 2. The van der Waals surface area contributed by atoms with Gasteiger partial charge in [-0.1, -0.05) is 31.2 Å². The van der Waals surface area contributed by atoms with E-state index in [0.717, 1.165) is 32.6 Å². The van der Waals surface area contributed by atoms with Gasteiger partial charge >= 0.3 is 6.03 Å². The molecule has 0 radical (unpaired) electrons. The van der Waals surface area contributed by atoms with E-state index in [9.17, 15) is 4.79 Å². The number of benzene rings is 2. The van der Waals surface area contributed by atoms with E-state index in [4.69, 9.17) is 4.74 Å². The van der Waals surface area contributed by atoms with Gasteiger partial charge in [-0.25, -0.2) is 4.79 Å². The molecule has 5 heteroatoms. The highest BCUT2D eigenvalue weighted by Gasteiger charge is 2.10. The van der Waals surface area contributed by atoms with Crippen LogP contribution in [-0.4, -0.2) is 13.1 Å². The van der Waals surface area contributed by atoms with Gasteiger partial charge < -0.3 is 15.4 Å². The summed E-state index contributed by atoms with van der Waals surface area (Å²) in [5.74, 6) is 0.868. The topological polar surface area (TPSA) is 50.4 Å². The number of urea groups is 1. The largest absolute Gasteiger partial charge is 0.489 e. The van der Waals surface area contributed by atoms with E-state index in [1.165, 1.54) is 5.56 Å². The van der Waals surface area contributed by atoms with Gasteiger partial charge in [0, 0.05) is 16.2 Å². The van der Waals surface area contributed by atoms with Crippen LogP contribution >= 0.6 is 22.6 Å². The number of rotatable bonds is 5. The minimum Gasteiger partial charge on any atom is -0.489 e. The minimum absolute atomic E-state index is 0.237. The zero-order chi connectivity index (χ0) is 16.8. The van der Waals surface area contributed by atoms with Crippen molar-refractivity contribution in [3.05, 3.63) is 56.7 Å². The molecular formula is C18H21IN2O2. The van der Waals surface area contributed by atoms with Crippen LogP contribution in [0.25, 0.3) is 0 Å². The fourth-order valence-electron chi connectivity index (χ4n) is 2.25. The number of carbonyl (C=O) groups is 1. The van der Waals surface area contributed by atoms with Crippen LogP contribution in [0.5, 0.6) is 5.75 Å². The Bertz CT molecular complexity index is 701. The maximum atomic E-state index is 11.6. The predicted molar refractivity (Wildman–Crippen MR) is 102 cm³/mol. The van der Waals surface area contributed by atoms with Crippen molar-refractivity contribution in [3.8, 4) is 5.75 Å². The van der Waals surface area contributed by atoms with Crippen molar-refractivity contribution in [2.24, 2.45) is 0 Å². The first kappa shape index (κ1) is 17.6. The third-order valence-electron chi connectivity index (χ3n) is 3.60. The molecule has 0 fully saturated rings. The summed E-state index contributed by atoms with van der Waals surface area (Å²) < 4.78 is 6.94. The molecule has 0 unspecified atom stereocenters. The van der Waals surface area contributed by atoms with Gasteiger partial charge in [-0.3, -0.25) is 0 Å². The normalized spacial score (nSPS) is 10.3. The standard InChI is InChI=1S/C18H21IN2O2/c1-4-13-8-9-16(12(2)10-13)23-11-14-6-5-7-15(19)17(14)21-18(22)20-3/h5-10H,4,11H2,1-3H3,(H2,20,21,22). The second kappa shape index (κ2) is 8.19. The van der Waals surface area contributed by atoms with Crippen LogP contribution in [0.1, 0.15) is 23.6 Å². The van der Waals surface area contributed by atoms with E-state index in [1.54, 1.807) is 7.05 Å². The van der Waals surface area contributed by atoms with Gasteiger partial charge in [0.15, 0.2) is 0 Å². The highest BCUT2D eigenvalue weighted by molar-refractivity contribution is 14.1. The van der Waals surface area contributed by atoms with Crippen LogP contribution in [0.3, 0.4) is 0 Å². The highest BCUT2D eigenvalue weighted by atomic mass is 127.